The second-order valence-electron chi connectivity index (χ2n) is 2.68. The van der Waals surface area contributed by atoms with Gasteiger partial charge in [0.05, 0.1) is 0 Å². The zero-order valence-electron chi connectivity index (χ0n) is 7.66. The first-order valence-electron chi connectivity index (χ1n) is 4.25. The lowest BCUT2D eigenvalue weighted by atomic mass is 10.2. The topological polar surface area (TPSA) is 29.1 Å². The van der Waals surface area contributed by atoms with Crippen molar-refractivity contribution < 1.29 is 4.79 Å². The van der Waals surface area contributed by atoms with Crippen molar-refractivity contribution >= 4 is 18.0 Å². The standard InChI is InChI=1S/C11H13NO/c1-12-11-7-4-6-10(9-11)5-2-3-8-13/h2,4-9,12H,3H2,1H3. The molecule has 0 atom stereocenters. The van der Waals surface area contributed by atoms with E-state index in [-0.39, 0.29) is 0 Å². The van der Waals surface area contributed by atoms with E-state index in [1.165, 1.54) is 0 Å². The van der Waals surface area contributed by atoms with Gasteiger partial charge in [0.15, 0.2) is 0 Å². The fraction of sp³-hybridized carbons (Fsp3) is 0.182. The molecule has 0 saturated heterocycles. The Bertz CT molecular complexity index is 305. The van der Waals surface area contributed by atoms with Gasteiger partial charge in [0, 0.05) is 19.2 Å². The number of carbonyl (C=O) groups excluding carboxylic acids is 1. The molecule has 2 heteroatoms. The van der Waals surface area contributed by atoms with Gasteiger partial charge in [-0.2, -0.15) is 0 Å². The maximum Gasteiger partial charge on any atom is 0.123 e. The summed E-state index contributed by atoms with van der Waals surface area (Å²) >= 11 is 0. The predicted octanol–water partition coefficient (Wildman–Crippen LogP) is 2.33. The quantitative estimate of drug-likeness (QED) is 0.711. The van der Waals surface area contributed by atoms with E-state index in [0.29, 0.717) is 6.42 Å². The monoisotopic (exact) mass is 175 g/mol. The van der Waals surface area contributed by atoms with Crippen molar-refractivity contribution in [2.75, 3.05) is 12.4 Å². The van der Waals surface area contributed by atoms with E-state index >= 15 is 0 Å². The predicted molar refractivity (Wildman–Crippen MR) is 55.7 cm³/mol. The average Bonchev–Trinajstić information content (AvgIpc) is 2.19. The Morgan fingerprint density at radius 3 is 3.00 bits per heavy atom. The third kappa shape index (κ3) is 3.11. The summed E-state index contributed by atoms with van der Waals surface area (Å²) in [5, 5.41) is 3.05. The number of nitrogens with one attached hydrogen (secondary N) is 1. The number of anilines is 1. The molecule has 0 aliphatic carbocycles. The molecule has 2 nitrogen and oxygen atoms in total. The molecular weight excluding hydrogens is 162 g/mol. The fourth-order valence-electron chi connectivity index (χ4n) is 1.06. The Labute approximate surface area is 78.3 Å². The SMILES string of the molecule is CNc1cccc(C=CCC=O)c1. The second-order valence-corrected chi connectivity index (χ2v) is 2.68. The van der Waals surface area contributed by atoms with E-state index in [1.54, 1.807) is 0 Å². The van der Waals surface area contributed by atoms with Crippen molar-refractivity contribution in [3.8, 4) is 0 Å². The molecule has 0 saturated carbocycles. The molecule has 0 aliphatic rings. The van der Waals surface area contributed by atoms with Crippen molar-refractivity contribution in [1.29, 1.82) is 0 Å². The molecule has 0 heterocycles. The molecule has 68 valence electrons. The lowest BCUT2D eigenvalue weighted by molar-refractivity contribution is -0.107. The molecule has 0 aromatic heterocycles. The van der Waals surface area contributed by atoms with Crippen LogP contribution in [0.25, 0.3) is 6.08 Å². The Morgan fingerprint density at radius 1 is 1.46 bits per heavy atom. The molecule has 1 aromatic carbocycles. The largest absolute Gasteiger partial charge is 0.388 e. The molecule has 13 heavy (non-hydrogen) atoms. The van der Waals surface area contributed by atoms with Crippen LogP contribution in [0.2, 0.25) is 0 Å². The molecule has 0 spiro atoms. The van der Waals surface area contributed by atoms with Gasteiger partial charge in [0.1, 0.15) is 6.29 Å². The number of benzene rings is 1. The van der Waals surface area contributed by atoms with Gasteiger partial charge in [-0.3, -0.25) is 0 Å². The molecule has 0 radical (unpaired) electrons. The van der Waals surface area contributed by atoms with Crippen LogP contribution in [0, 0.1) is 0 Å². The number of aldehydes is 1. The smallest absolute Gasteiger partial charge is 0.123 e. The second kappa shape index (κ2) is 5.14. The van der Waals surface area contributed by atoms with E-state index in [2.05, 4.69) is 5.32 Å². The number of rotatable bonds is 4. The zero-order chi connectivity index (χ0) is 9.52. The zero-order valence-corrected chi connectivity index (χ0v) is 7.66. The Hall–Kier alpha value is -1.57. The van der Waals surface area contributed by atoms with Crippen molar-refractivity contribution in [3.63, 3.8) is 0 Å². The molecule has 0 bridgehead atoms. The summed E-state index contributed by atoms with van der Waals surface area (Å²) in [7, 11) is 1.88. The van der Waals surface area contributed by atoms with Crippen LogP contribution in [0.3, 0.4) is 0 Å². The van der Waals surface area contributed by atoms with Crippen LogP contribution < -0.4 is 5.32 Å². The molecule has 0 unspecified atom stereocenters. The Kier molecular flexibility index (Phi) is 3.76. The summed E-state index contributed by atoms with van der Waals surface area (Å²) in [5.41, 5.74) is 2.18. The highest BCUT2D eigenvalue weighted by atomic mass is 16.1. The summed E-state index contributed by atoms with van der Waals surface area (Å²) in [6.07, 6.45) is 5.15. The van der Waals surface area contributed by atoms with Crippen molar-refractivity contribution in [3.05, 3.63) is 35.9 Å². The minimum Gasteiger partial charge on any atom is -0.388 e. The first-order valence-corrected chi connectivity index (χ1v) is 4.25. The number of carbonyl (C=O) groups is 1. The van der Waals surface area contributed by atoms with Gasteiger partial charge in [-0.25, -0.2) is 0 Å². The number of hydrogen-bond acceptors (Lipinski definition) is 2. The maximum absolute atomic E-state index is 10.1. The first-order chi connectivity index (χ1) is 6.36. The maximum atomic E-state index is 10.1. The van der Waals surface area contributed by atoms with Crippen LogP contribution >= 0.6 is 0 Å². The third-order valence-electron chi connectivity index (χ3n) is 1.72. The minimum atomic E-state index is 0.476. The summed E-state index contributed by atoms with van der Waals surface area (Å²) in [6, 6.07) is 8.01. The summed E-state index contributed by atoms with van der Waals surface area (Å²) in [5.74, 6) is 0. The summed E-state index contributed by atoms with van der Waals surface area (Å²) in [6.45, 7) is 0. The minimum absolute atomic E-state index is 0.476. The van der Waals surface area contributed by atoms with Gasteiger partial charge in [0.25, 0.3) is 0 Å². The molecule has 0 aliphatic heterocycles. The Balaban J connectivity index is 2.71. The highest BCUT2D eigenvalue weighted by Crippen LogP contribution is 2.10. The average molecular weight is 175 g/mol. The van der Waals surface area contributed by atoms with Crippen molar-refractivity contribution in [2.45, 2.75) is 6.42 Å². The highest BCUT2D eigenvalue weighted by Gasteiger charge is 1.88. The molecule has 1 rings (SSSR count). The van der Waals surface area contributed by atoms with Crippen LogP contribution in [-0.2, 0) is 4.79 Å². The molecule has 1 aromatic rings. The fourth-order valence-corrected chi connectivity index (χ4v) is 1.06. The molecule has 0 fully saturated rings. The lowest BCUT2D eigenvalue weighted by Gasteiger charge is -1.99. The van der Waals surface area contributed by atoms with E-state index in [9.17, 15) is 4.79 Å². The lowest BCUT2D eigenvalue weighted by Crippen LogP contribution is -1.86. The molecular formula is C11H13NO. The normalized spacial score (nSPS) is 10.2. The van der Waals surface area contributed by atoms with E-state index in [4.69, 9.17) is 0 Å². The van der Waals surface area contributed by atoms with Crippen LogP contribution in [-0.4, -0.2) is 13.3 Å². The highest BCUT2D eigenvalue weighted by molar-refractivity contribution is 5.60. The summed E-state index contributed by atoms with van der Waals surface area (Å²) in [4.78, 5) is 10.1. The Morgan fingerprint density at radius 2 is 2.31 bits per heavy atom. The van der Waals surface area contributed by atoms with Crippen LogP contribution in [0.15, 0.2) is 30.3 Å². The van der Waals surface area contributed by atoms with E-state index in [0.717, 1.165) is 17.5 Å². The third-order valence-corrected chi connectivity index (χ3v) is 1.72. The van der Waals surface area contributed by atoms with Crippen molar-refractivity contribution in [2.24, 2.45) is 0 Å². The summed E-state index contributed by atoms with van der Waals surface area (Å²) < 4.78 is 0. The van der Waals surface area contributed by atoms with Gasteiger partial charge in [-0.1, -0.05) is 24.3 Å². The van der Waals surface area contributed by atoms with Crippen LogP contribution in [0.4, 0.5) is 5.69 Å². The van der Waals surface area contributed by atoms with Gasteiger partial charge in [0.2, 0.25) is 0 Å². The van der Waals surface area contributed by atoms with E-state index in [1.807, 2.05) is 43.5 Å². The number of hydrogen-bond donors (Lipinski definition) is 1. The van der Waals surface area contributed by atoms with Crippen LogP contribution in [0.1, 0.15) is 12.0 Å². The molecule has 1 N–H and O–H groups in total. The number of allylic oxidation sites excluding steroid dienone is 1. The van der Waals surface area contributed by atoms with E-state index < -0.39 is 0 Å². The first kappa shape index (κ1) is 9.52. The van der Waals surface area contributed by atoms with Gasteiger partial charge in [-0.15, -0.1) is 0 Å². The molecule has 0 amide bonds. The van der Waals surface area contributed by atoms with Gasteiger partial charge in [-0.05, 0) is 17.7 Å². The van der Waals surface area contributed by atoms with Gasteiger partial charge < -0.3 is 10.1 Å². The van der Waals surface area contributed by atoms with Crippen LogP contribution in [0.5, 0.6) is 0 Å². The van der Waals surface area contributed by atoms with Gasteiger partial charge >= 0.3 is 0 Å². The van der Waals surface area contributed by atoms with Crippen molar-refractivity contribution in [1.82, 2.24) is 0 Å².